The average molecular weight is 262 g/mol. The fourth-order valence-corrected chi connectivity index (χ4v) is 3.29. The molecule has 3 nitrogen and oxygen atoms in total. The number of aromatic nitrogens is 1. The van der Waals surface area contributed by atoms with Gasteiger partial charge in [-0.05, 0) is 51.1 Å². The van der Waals surface area contributed by atoms with E-state index in [1.807, 2.05) is 19.9 Å². The van der Waals surface area contributed by atoms with Gasteiger partial charge in [0.05, 0.1) is 6.54 Å². The van der Waals surface area contributed by atoms with Crippen molar-refractivity contribution in [3.8, 4) is 0 Å². The summed E-state index contributed by atoms with van der Waals surface area (Å²) in [4.78, 5) is 17.9. The van der Waals surface area contributed by atoms with Crippen molar-refractivity contribution in [2.45, 2.75) is 47.0 Å². The van der Waals surface area contributed by atoms with Gasteiger partial charge in [0, 0.05) is 23.5 Å². The van der Waals surface area contributed by atoms with Crippen molar-refractivity contribution in [1.29, 1.82) is 0 Å². The van der Waals surface area contributed by atoms with Gasteiger partial charge in [0.25, 0.3) is 0 Å². The molecule has 1 fully saturated rings. The summed E-state index contributed by atoms with van der Waals surface area (Å²) in [7, 11) is 0. The Bertz CT molecular complexity index is 457. The second-order valence-electron chi connectivity index (χ2n) is 6.08. The molecular formula is C16H26N2O. The lowest BCUT2D eigenvalue weighted by Gasteiger charge is -2.26. The number of nitrogens with one attached hydrogen (secondary N) is 1. The topological polar surface area (TPSA) is 36.1 Å². The number of aryl methyl sites for hydroxylation is 2. The zero-order valence-corrected chi connectivity index (χ0v) is 12.7. The quantitative estimate of drug-likeness (QED) is 0.826. The van der Waals surface area contributed by atoms with E-state index in [-0.39, 0.29) is 5.78 Å². The van der Waals surface area contributed by atoms with Crippen LogP contribution in [0.1, 0.15) is 54.9 Å². The highest BCUT2D eigenvalue weighted by atomic mass is 16.1. The van der Waals surface area contributed by atoms with Gasteiger partial charge in [-0.25, -0.2) is 0 Å². The van der Waals surface area contributed by atoms with Crippen molar-refractivity contribution >= 4 is 5.78 Å². The van der Waals surface area contributed by atoms with Gasteiger partial charge in [-0.2, -0.15) is 0 Å². The maximum atomic E-state index is 12.4. The van der Waals surface area contributed by atoms with Crippen molar-refractivity contribution in [1.82, 2.24) is 9.88 Å². The summed E-state index contributed by atoms with van der Waals surface area (Å²) in [6.07, 6.45) is 3.67. The summed E-state index contributed by atoms with van der Waals surface area (Å²) in [5.74, 6) is 0.254. The van der Waals surface area contributed by atoms with E-state index >= 15 is 0 Å². The van der Waals surface area contributed by atoms with E-state index in [0.29, 0.717) is 12.0 Å². The highest BCUT2D eigenvalue weighted by Crippen LogP contribution is 2.36. The molecule has 0 spiro atoms. The first kappa shape index (κ1) is 14.3. The molecule has 0 amide bonds. The predicted molar refractivity (Wildman–Crippen MR) is 78.7 cm³/mol. The van der Waals surface area contributed by atoms with Gasteiger partial charge in [0.15, 0.2) is 5.78 Å². The number of hydrogen-bond donors (Lipinski definition) is 1. The van der Waals surface area contributed by atoms with E-state index in [1.165, 1.54) is 19.3 Å². The smallest absolute Gasteiger partial charge is 0.178 e. The number of nitrogens with zero attached hydrogens (tertiary/aromatic N) is 1. The molecule has 1 N–H and O–H groups in total. The molecule has 1 saturated heterocycles. The number of carbonyl (C=O) groups excluding carboxylic acids is 1. The molecule has 1 aliphatic rings. The third-order valence-electron chi connectivity index (χ3n) is 4.83. The second kappa shape index (κ2) is 5.49. The van der Waals surface area contributed by atoms with Crippen molar-refractivity contribution < 1.29 is 4.79 Å². The molecule has 2 heterocycles. The van der Waals surface area contributed by atoms with Crippen LogP contribution in [0.15, 0.2) is 6.07 Å². The number of aromatic amines is 1. The maximum Gasteiger partial charge on any atom is 0.178 e. The standard InChI is InChI=1S/C16H26N2O/c1-5-16(6-2)7-8-18(11-16)10-15(19)14-9-12(3)17-13(14)4/h9,17H,5-8,10-11H2,1-4H3. The van der Waals surface area contributed by atoms with Crippen LogP contribution in [0.5, 0.6) is 0 Å². The second-order valence-corrected chi connectivity index (χ2v) is 6.08. The molecule has 0 unspecified atom stereocenters. The Hall–Kier alpha value is -1.09. The molecule has 0 aliphatic carbocycles. The van der Waals surface area contributed by atoms with Crippen molar-refractivity contribution in [3.05, 3.63) is 23.0 Å². The SMILES string of the molecule is CCC1(CC)CCN(CC(=O)c2cc(C)[nH]c2C)C1. The fourth-order valence-electron chi connectivity index (χ4n) is 3.29. The molecule has 0 bridgehead atoms. The first-order valence-electron chi connectivity index (χ1n) is 7.41. The minimum absolute atomic E-state index is 0.254. The molecule has 2 rings (SSSR count). The van der Waals surface area contributed by atoms with Crippen LogP contribution in [0.3, 0.4) is 0 Å². The van der Waals surface area contributed by atoms with Gasteiger partial charge in [-0.3, -0.25) is 9.69 Å². The lowest BCUT2D eigenvalue weighted by atomic mass is 9.82. The molecule has 1 aromatic rings. The number of carbonyl (C=O) groups is 1. The highest BCUT2D eigenvalue weighted by molar-refractivity contribution is 5.98. The monoisotopic (exact) mass is 262 g/mol. The Morgan fingerprint density at radius 1 is 1.37 bits per heavy atom. The number of likely N-dealkylation sites (tertiary alicyclic amines) is 1. The number of hydrogen-bond acceptors (Lipinski definition) is 2. The Labute approximate surface area is 116 Å². The molecule has 19 heavy (non-hydrogen) atoms. The lowest BCUT2D eigenvalue weighted by molar-refractivity contribution is 0.0936. The number of H-pyrrole nitrogens is 1. The molecule has 3 heteroatoms. The fraction of sp³-hybridized carbons (Fsp3) is 0.688. The summed E-state index contributed by atoms with van der Waals surface area (Å²) in [6, 6.07) is 1.97. The summed E-state index contributed by atoms with van der Waals surface area (Å²) in [5.41, 5.74) is 3.38. The molecular weight excluding hydrogens is 236 g/mol. The zero-order valence-electron chi connectivity index (χ0n) is 12.7. The third kappa shape index (κ3) is 2.92. The van der Waals surface area contributed by atoms with E-state index in [0.717, 1.165) is 30.0 Å². The van der Waals surface area contributed by atoms with Gasteiger partial charge in [-0.1, -0.05) is 13.8 Å². The minimum atomic E-state index is 0.254. The number of Topliss-reactive ketones (excluding diaryl/α,β-unsaturated/α-hetero) is 1. The van der Waals surface area contributed by atoms with Crippen LogP contribution >= 0.6 is 0 Å². The molecule has 0 aromatic carbocycles. The van der Waals surface area contributed by atoms with Crippen LogP contribution in [-0.2, 0) is 0 Å². The summed E-state index contributed by atoms with van der Waals surface area (Å²) in [5, 5.41) is 0. The Kier molecular flexibility index (Phi) is 4.14. The van der Waals surface area contributed by atoms with E-state index in [1.54, 1.807) is 0 Å². The molecule has 0 radical (unpaired) electrons. The van der Waals surface area contributed by atoms with Gasteiger partial charge >= 0.3 is 0 Å². The maximum absolute atomic E-state index is 12.4. The Morgan fingerprint density at radius 2 is 2.05 bits per heavy atom. The highest BCUT2D eigenvalue weighted by Gasteiger charge is 2.35. The largest absolute Gasteiger partial charge is 0.362 e. The van der Waals surface area contributed by atoms with Crippen molar-refractivity contribution in [2.75, 3.05) is 19.6 Å². The van der Waals surface area contributed by atoms with Crippen LogP contribution in [0.25, 0.3) is 0 Å². The molecule has 0 saturated carbocycles. The summed E-state index contributed by atoms with van der Waals surface area (Å²) < 4.78 is 0. The summed E-state index contributed by atoms with van der Waals surface area (Å²) >= 11 is 0. The summed E-state index contributed by atoms with van der Waals surface area (Å²) in [6.45, 7) is 11.2. The molecule has 0 atom stereocenters. The molecule has 106 valence electrons. The van der Waals surface area contributed by atoms with Crippen LogP contribution in [-0.4, -0.2) is 35.3 Å². The van der Waals surface area contributed by atoms with Crippen molar-refractivity contribution in [3.63, 3.8) is 0 Å². The van der Waals surface area contributed by atoms with Crippen LogP contribution in [0.4, 0.5) is 0 Å². The lowest BCUT2D eigenvalue weighted by Crippen LogP contribution is -2.31. The number of ketones is 1. The van der Waals surface area contributed by atoms with Gasteiger partial charge < -0.3 is 4.98 Å². The van der Waals surface area contributed by atoms with Gasteiger partial charge in [-0.15, -0.1) is 0 Å². The van der Waals surface area contributed by atoms with E-state index in [9.17, 15) is 4.79 Å². The Morgan fingerprint density at radius 3 is 2.53 bits per heavy atom. The van der Waals surface area contributed by atoms with Gasteiger partial charge in [0.2, 0.25) is 0 Å². The van der Waals surface area contributed by atoms with E-state index in [4.69, 9.17) is 0 Å². The molecule has 1 aromatic heterocycles. The number of rotatable bonds is 5. The van der Waals surface area contributed by atoms with E-state index in [2.05, 4.69) is 23.7 Å². The zero-order chi connectivity index (χ0) is 14.0. The van der Waals surface area contributed by atoms with Crippen LogP contribution in [0.2, 0.25) is 0 Å². The van der Waals surface area contributed by atoms with Crippen molar-refractivity contribution in [2.24, 2.45) is 5.41 Å². The Balaban J connectivity index is 2.00. The third-order valence-corrected chi connectivity index (χ3v) is 4.83. The first-order valence-corrected chi connectivity index (χ1v) is 7.41. The first-order chi connectivity index (χ1) is 8.99. The molecule has 1 aliphatic heterocycles. The van der Waals surface area contributed by atoms with Gasteiger partial charge in [0.1, 0.15) is 0 Å². The minimum Gasteiger partial charge on any atom is -0.362 e. The average Bonchev–Trinajstić information content (AvgIpc) is 2.93. The van der Waals surface area contributed by atoms with Crippen LogP contribution in [0, 0.1) is 19.3 Å². The predicted octanol–water partition coefficient (Wildman–Crippen LogP) is 3.33. The van der Waals surface area contributed by atoms with E-state index < -0.39 is 0 Å². The van der Waals surface area contributed by atoms with Crippen LogP contribution < -0.4 is 0 Å². The normalized spacial score (nSPS) is 18.9.